The number of aryl methyl sites for hydroxylation is 2. The number of anilines is 1. The fourth-order valence-corrected chi connectivity index (χ4v) is 3.04. The third-order valence-corrected chi connectivity index (χ3v) is 4.43. The standard InChI is InChI=1S/C18H17BrFNO2/c1-11(23-17-8-6-14(19)10-16(17)20)18(22)21-15-7-5-12-3-2-4-13(12)9-15/h5-11H,2-4H2,1H3,(H,21,22)/t11-/m0/s1. The second-order valence-corrected chi connectivity index (χ2v) is 6.58. The Bertz CT molecular complexity index is 748. The van der Waals surface area contributed by atoms with E-state index in [-0.39, 0.29) is 11.7 Å². The minimum Gasteiger partial charge on any atom is -0.478 e. The molecule has 1 atom stereocenters. The van der Waals surface area contributed by atoms with Crippen LogP contribution in [0.2, 0.25) is 0 Å². The molecule has 2 aromatic rings. The monoisotopic (exact) mass is 377 g/mol. The van der Waals surface area contributed by atoms with Gasteiger partial charge in [-0.05, 0) is 67.6 Å². The average molecular weight is 378 g/mol. The van der Waals surface area contributed by atoms with Crippen molar-refractivity contribution >= 4 is 27.5 Å². The summed E-state index contributed by atoms with van der Waals surface area (Å²) in [6.45, 7) is 1.60. The van der Waals surface area contributed by atoms with Crippen LogP contribution in [-0.4, -0.2) is 12.0 Å². The zero-order valence-corrected chi connectivity index (χ0v) is 14.3. The Morgan fingerprint density at radius 1 is 1.22 bits per heavy atom. The number of hydrogen-bond donors (Lipinski definition) is 1. The van der Waals surface area contributed by atoms with Crippen LogP contribution in [0, 0.1) is 5.82 Å². The number of benzene rings is 2. The summed E-state index contributed by atoms with van der Waals surface area (Å²) in [5, 5.41) is 2.83. The molecule has 0 saturated carbocycles. The minimum atomic E-state index is -0.793. The summed E-state index contributed by atoms with van der Waals surface area (Å²) < 4.78 is 19.8. The minimum absolute atomic E-state index is 0.0600. The van der Waals surface area contributed by atoms with E-state index >= 15 is 0 Å². The fraction of sp³-hybridized carbons (Fsp3) is 0.278. The van der Waals surface area contributed by atoms with Gasteiger partial charge < -0.3 is 10.1 Å². The molecule has 0 unspecified atom stereocenters. The van der Waals surface area contributed by atoms with Crippen LogP contribution in [0.3, 0.4) is 0 Å². The lowest BCUT2D eigenvalue weighted by Crippen LogP contribution is -2.30. The molecular weight excluding hydrogens is 361 g/mol. The summed E-state index contributed by atoms with van der Waals surface area (Å²) in [6.07, 6.45) is 2.52. The number of carbonyl (C=O) groups is 1. The highest BCUT2D eigenvalue weighted by molar-refractivity contribution is 9.10. The Labute approximate surface area is 143 Å². The smallest absolute Gasteiger partial charge is 0.265 e. The highest BCUT2D eigenvalue weighted by atomic mass is 79.9. The van der Waals surface area contributed by atoms with Crippen molar-refractivity contribution in [3.63, 3.8) is 0 Å². The van der Waals surface area contributed by atoms with Crippen LogP contribution in [-0.2, 0) is 17.6 Å². The number of hydrogen-bond acceptors (Lipinski definition) is 2. The summed E-state index contributed by atoms with van der Waals surface area (Å²) >= 11 is 3.19. The molecule has 0 bridgehead atoms. The van der Waals surface area contributed by atoms with Crippen molar-refractivity contribution < 1.29 is 13.9 Å². The summed E-state index contributed by atoms with van der Waals surface area (Å²) in [7, 11) is 0. The van der Waals surface area contributed by atoms with Gasteiger partial charge >= 0.3 is 0 Å². The predicted molar refractivity (Wildman–Crippen MR) is 91.3 cm³/mol. The Balaban J connectivity index is 1.65. The molecule has 0 spiro atoms. The van der Waals surface area contributed by atoms with Crippen LogP contribution in [0.15, 0.2) is 40.9 Å². The molecular formula is C18H17BrFNO2. The van der Waals surface area contributed by atoms with Crippen molar-refractivity contribution in [3.05, 3.63) is 57.8 Å². The van der Waals surface area contributed by atoms with Gasteiger partial charge in [0, 0.05) is 10.2 Å². The maximum atomic E-state index is 13.8. The Morgan fingerprint density at radius 2 is 2.00 bits per heavy atom. The molecule has 5 heteroatoms. The van der Waals surface area contributed by atoms with Crippen LogP contribution in [0.1, 0.15) is 24.5 Å². The summed E-state index contributed by atoms with van der Waals surface area (Å²) in [5.41, 5.74) is 3.39. The van der Waals surface area contributed by atoms with E-state index in [2.05, 4.69) is 27.3 Å². The quantitative estimate of drug-likeness (QED) is 0.852. The Morgan fingerprint density at radius 3 is 2.78 bits per heavy atom. The molecule has 1 aliphatic carbocycles. The van der Waals surface area contributed by atoms with Crippen LogP contribution >= 0.6 is 15.9 Å². The number of carbonyl (C=O) groups excluding carboxylic acids is 1. The van der Waals surface area contributed by atoms with E-state index in [9.17, 15) is 9.18 Å². The first-order valence-electron chi connectivity index (χ1n) is 7.57. The van der Waals surface area contributed by atoms with Gasteiger partial charge in [-0.2, -0.15) is 0 Å². The van der Waals surface area contributed by atoms with E-state index in [0.717, 1.165) is 24.9 Å². The molecule has 3 nitrogen and oxygen atoms in total. The van der Waals surface area contributed by atoms with Crippen LogP contribution < -0.4 is 10.1 Å². The van der Waals surface area contributed by atoms with E-state index in [1.165, 1.54) is 23.3 Å². The average Bonchev–Trinajstić information content (AvgIpc) is 2.97. The number of nitrogens with one attached hydrogen (secondary N) is 1. The van der Waals surface area contributed by atoms with Gasteiger partial charge in [0.25, 0.3) is 5.91 Å². The highest BCUT2D eigenvalue weighted by Crippen LogP contribution is 2.25. The van der Waals surface area contributed by atoms with Gasteiger partial charge in [-0.25, -0.2) is 4.39 Å². The molecule has 0 fully saturated rings. The number of amides is 1. The SMILES string of the molecule is C[C@H](Oc1ccc(Br)cc1F)C(=O)Nc1ccc2c(c1)CCC2. The molecule has 1 aliphatic rings. The molecule has 0 radical (unpaired) electrons. The number of rotatable bonds is 4. The maximum Gasteiger partial charge on any atom is 0.265 e. The second-order valence-electron chi connectivity index (χ2n) is 5.66. The zero-order valence-electron chi connectivity index (χ0n) is 12.7. The van der Waals surface area contributed by atoms with Crippen molar-refractivity contribution in [1.82, 2.24) is 0 Å². The molecule has 2 aromatic carbocycles. The van der Waals surface area contributed by atoms with Gasteiger partial charge in [0.2, 0.25) is 0 Å². The molecule has 120 valence electrons. The van der Waals surface area contributed by atoms with Crippen molar-refractivity contribution in [2.45, 2.75) is 32.3 Å². The number of ether oxygens (including phenoxy) is 1. The Kier molecular flexibility index (Phi) is 4.66. The third-order valence-electron chi connectivity index (χ3n) is 3.93. The topological polar surface area (TPSA) is 38.3 Å². The zero-order chi connectivity index (χ0) is 16.4. The van der Waals surface area contributed by atoms with Crippen LogP contribution in [0.25, 0.3) is 0 Å². The summed E-state index contributed by atoms with van der Waals surface area (Å²) in [6, 6.07) is 10.4. The molecule has 23 heavy (non-hydrogen) atoms. The third kappa shape index (κ3) is 3.72. The van der Waals surface area contributed by atoms with E-state index < -0.39 is 11.9 Å². The van der Waals surface area contributed by atoms with Gasteiger partial charge in [0.1, 0.15) is 0 Å². The molecule has 0 saturated heterocycles. The highest BCUT2D eigenvalue weighted by Gasteiger charge is 2.18. The molecule has 0 aliphatic heterocycles. The van der Waals surface area contributed by atoms with E-state index in [4.69, 9.17) is 4.74 Å². The lowest BCUT2D eigenvalue weighted by molar-refractivity contribution is -0.122. The predicted octanol–water partition coefficient (Wildman–Crippen LogP) is 4.48. The lowest BCUT2D eigenvalue weighted by Gasteiger charge is -2.15. The first-order chi connectivity index (χ1) is 11.0. The van der Waals surface area contributed by atoms with E-state index in [1.807, 2.05) is 12.1 Å². The Hall–Kier alpha value is -1.88. The molecule has 0 aromatic heterocycles. The summed E-state index contributed by atoms with van der Waals surface area (Å²) in [5.74, 6) is -0.744. The fourth-order valence-electron chi connectivity index (χ4n) is 2.71. The summed E-state index contributed by atoms with van der Waals surface area (Å²) in [4.78, 5) is 12.2. The van der Waals surface area contributed by atoms with Crippen LogP contribution in [0.5, 0.6) is 5.75 Å². The molecule has 0 heterocycles. The first kappa shape index (κ1) is 16.0. The molecule has 3 rings (SSSR count). The second kappa shape index (κ2) is 6.71. The van der Waals surface area contributed by atoms with Gasteiger partial charge in [0.05, 0.1) is 0 Å². The van der Waals surface area contributed by atoms with Crippen molar-refractivity contribution in [2.24, 2.45) is 0 Å². The van der Waals surface area contributed by atoms with E-state index in [1.54, 1.807) is 13.0 Å². The normalized spacial score (nSPS) is 14.2. The van der Waals surface area contributed by atoms with Crippen molar-refractivity contribution in [1.29, 1.82) is 0 Å². The van der Waals surface area contributed by atoms with Gasteiger partial charge in [-0.3, -0.25) is 4.79 Å². The van der Waals surface area contributed by atoms with Crippen LogP contribution in [0.4, 0.5) is 10.1 Å². The van der Waals surface area contributed by atoms with E-state index in [0.29, 0.717) is 4.47 Å². The molecule has 1 N–H and O–H groups in total. The number of halogens is 2. The number of fused-ring (bicyclic) bond motifs is 1. The lowest BCUT2D eigenvalue weighted by atomic mass is 10.1. The van der Waals surface area contributed by atoms with Gasteiger partial charge in [0.15, 0.2) is 17.7 Å². The molecule has 1 amide bonds. The first-order valence-corrected chi connectivity index (χ1v) is 8.36. The van der Waals surface area contributed by atoms with Crippen molar-refractivity contribution in [2.75, 3.05) is 5.32 Å². The van der Waals surface area contributed by atoms with Gasteiger partial charge in [-0.15, -0.1) is 0 Å². The van der Waals surface area contributed by atoms with Crippen molar-refractivity contribution in [3.8, 4) is 5.75 Å². The maximum absolute atomic E-state index is 13.8. The van der Waals surface area contributed by atoms with Gasteiger partial charge in [-0.1, -0.05) is 22.0 Å². The largest absolute Gasteiger partial charge is 0.478 e.